The van der Waals surface area contributed by atoms with Crippen molar-refractivity contribution in [2.45, 2.75) is 26.4 Å². The van der Waals surface area contributed by atoms with E-state index in [1.807, 2.05) is 6.92 Å². The zero-order valence-electron chi connectivity index (χ0n) is 15.7. The van der Waals surface area contributed by atoms with Gasteiger partial charge >= 0.3 is 0 Å². The fourth-order valence-electron chi connectivity index (χ4n) is 2.30. The summed E-state index contributed by atoms with van der Waals surface area (Å²) < 4.78 is 37.1. The summed E-state index contributed by atoms with van der Waals surface area (Å²) in [7, 11) is 0. The number of aryl methyl sites for hydroxylation is 1. The van der Waals surface area contributed by atoms with Crippen molar-refractivity contribution in [3.8, 4) is 5.75 Å². The number of hydrogen-bond donors (Lipinski definition) is 3. The van der Waals surface area contributed by atoms with Crippen molar-refractivity contribution in [1.29, 1.82) is 0 Å². The second kappa shape index (κ2) is 9.36. The predicted molar refractivity (Wildman–Crippen MR) is 98.9 cm³/mol. The minimum atomic E-state index is -1.25. The Labute approximate surface area is 157 Å². The van der Waals surface area contributed by atoms with Gasteiger partial charge in [-0.25, -0.2) is 13.8 Å². The van der Waals surface area contributed by atoms with Crippen molar-refractivity contribution in [3.05, 3.63) is 53.5 Å². The van der Waals surface area contributed by atoms with Crippen LogP contribution in [0.2, 0.25) is 0 Å². The Morgan fingerprint density at radius 2 is 2.04 bits per heavy atom. The van der Waals surface area contributed by atoms with Crippen LogP contribution in [0, 0.1) is 18.6 Å². The first kappa shape index (κ1) is 20.7. The zero-order chi connectivity index (χ0) is 19.9. The lowest BCUT2D eigenvalue weighted by atomic mass is 10.0. The van der Waals surface area contributed by atoms with Crippen molar-refractivity contribution < 1.29 is 23.0 Å². The van der Waals surface area contributed by atoms with E-state index >= 15 is 0 Å². The highest BCUT2D eigenvalue weighted by Crippen LogP contribution is 2.23. The van der Waals surface area contributed by atoms with E-state index in [1.165, 1.54) is 6.07 Å². The first-order valence-electron chi connectivity index (χ1n) is 8.71. The van der Waals surface area contributed by atoms with Crippen LogP contribution in [0.25, 0.3) is 0 Å². The normalized spacial score (nSPS) is 13.9. The molecule has 0 fully saturated rings. The van der Waals surface area contributed by atoms with E-state index in [0.717, 1.165) is 12.1 Å². The highest BCUT2D eigenvalue weighted by molar-refractivity contribution is 5.79. The number of ether oxygens (including phenoxy) is 1. The Kier molecular flexibility index (Phi) is 7.18. The number of furan rings is 1. The molecule has 1 aromatic heterocycles. The van der Waals surface area contributed by atoms with Gasteiger partial charge < -0.3 is 24.9 Å². The van der Waals surface area contributed by atoms with Crippen molar-refractivity contribution in [3.63, 3.8) is 0 Å². The molecular weight excluding hydrogens is 356 g/mol. The zero-order valence-corrected chi connectivity index (χ0v) is 15.7. The molecule has 0 aliphatic carbocycles. The van der Waals surface area contributed by atoms with Crippen LogP contribution in [0.1, 0.15) is 25.4 Å². The largest absolute Gasteiger partial charge is 0.489 e. The number of halogens is 2. The minimum absolute atomic E-state index is 0.0174. The van der Waals surface area contributed by atoms with Crippen LogP contribution in [0.5, 0.6) is 5.75 Å². The number of aliphatic imine (C=N–C) groups is 1. The van der Waals surface area contributed by atoms with Gasteiger partial charge in [-0.2, -0.15) is 0 Å². The van der Waals surface area contributed by atoms with Gasteiger partial charge in [0.05, 0.1) is 13.1 Å². The molecule has 148 valence electrons. The van der Waals surface area contributed by atoms with Gasteiger partial charge in [0.2, 0.25) is 0 Å². The van der Waals surface area contributed by atoms with Crippen molar-refractivity contribution in [1.82, 2.24) is 10.6 Å². The summed E-state index contributed by atoms with van der Waals surface area (Å²) >= 11 is 0. The molecule has 0 bridgehead atoms. The Morgan fingerprint density at radius 1 is 1.26 bits per heavy atom. The molecule has 8 heteroatoms. The van der Waals surface area contributed by atoms with Gasteiger partial charge in [0.15, 0.2) is 17.5 Å². The molecule has 0 saturated carbocycles. The first-order valence-corrected chi connectivity index (χ1v) is 8.71. The summed E-state index contributed by atoms with van der Waals surface area (Å²) in [6.07, 6.45) is 0. The average Bonchev–Trinajstić information content (AvgIpc) is 3.05. The number of nitrogens with zero attached hydrogens (tertiary/aromatic N) is 1. The van der Waals surface area contributed by atoms with Crippen LogP contribution < -0.4 is 15.4 Å². The number of rotatable bonds is 8. The predicted octanol–water partition coefficient (Wildman–Crippen LogP) is 2.71. The van der Waals surface area contributed by atoms with Crippen LogP contribution in [0.3, 0.4) is 0 Å². The van der Waals surface area contributed by atoms with E-state index in [4.69, 9.17) is 9.15 Å². The molecule has 1 aromatic carbocycles. The molecule has 2 aromatic rings. The quantitative estimate of drug-likeness (QED) is 0.372. The van der Waals surface area contributed by atoms with Crippen LogP contribution in [-0.2, 0) is 5.60 Å². The number of benzene rings is 1. The first-order chi connectivity index (χ1) is 12.8. The maximum atomic E-state index is 13.5. The summed E-state index contributed by atoms with van der Waals surface area (Å²) in [6, 6.07) is 6.65. The molecule has 2 rings (SSSR count). The van der Waals surface area contributed by atoms with E-state index in [-0.39, 0.29) is 18.9 Å². The van der Waals surface area contributed by atoms with Gasteiger partial charge in [0.1, 0.15) is 29.5 Å². The van der Waals surface area contributed by atoms with Crippen molar-refractivity contribution in [2.75, 3.05) is 26.2 Å². The lowest BCUT2D eigenvalue weighted by Gasteiger charge is -2.19. The van der Waals surface area contributed by atoms with Crippen LogP contribution >= 0.6 is 0 Å². The summed E-state index contributed by atoms with van der Waals surface area (Å²) in [4.78, 5) is 4.35. The van der Waals surface area contributed by atoms with Gasteiger partial charge in [-0.15, -0.1) is 0 Å². The summed E-state index contributed by atoms with van der Waals surface area (Å²) in [5, 5.41) is 16.6. The van der Waals surface area contributed by atoms with E-state index < -0.39 is 17.2 Å². The highest BCUT2D eigenvalue weighted by atomic mass is 19.1. The topological polar surface area (TPSA) is 79.0 Å². The molecule has 1 heterocycles. The molecule has 0 radical (unpaired) electrons. The summed E-state index contributed by atoms with van der Waals surface area (Å²) in [5.74, 6) is 0.207. The summed E-state index contributed by atoms with van der Waals surface area (Å²) in [6.45, 7) is 6.54. The number of aliphatic hydroxyl groups is 1. The molecule has 0 saturated heterocycles. The Morgan fingerprint density at radius 3 is 2.67 bits per heavy atom. The fraction of sp³-hybridized carbons (Fsp3) is 0.421. The third-order valence-electron chi connectivity index (χ3n) is 3.71. The fourth-order valence-corrected chi connectivity index (χ4v) is 2.30. The highest BCUT2D eigenvalue weighted by Gasteiger charge is 2.26. The molecule has 1 atom stereocenters. The molecule has 0 aliphatic rings. The lowest BCUT2D eigenvalue weighted by molar-refractivity contribution is 0.0428. The van der Waals surface area contributed by atoms with Crippen molar-refractivity contribution >= 4 is 5.96 Å². The molecular formula is C19H25F2N3O3. The molecule has 3 N–H and O–H groups in total. The van der Waals surface area contributed by atoms with E-state index in [0.29, 0.717) is 30.6 Å². The molecule has 6 nitrogen and oxygen atoms in total. The van der Waals surface area contributed by atoms with Crippen LogP contribution in [0.15, 0.2) is 39.7 Å². The Balaban J connectivity index is 1.87. The minimum Gasteiger partial charge on any atom is -0.489 e. The van der Waals surface area contributed by atoms with Crippen LogP contribution in [-0.4, -0.2) is 37.3 Å². The van der Waals surface area contributed by atoms with E-state index in [9.17, 15) is 13.9 Å². The third-order valence-corrected chi connectivity index (χ3v) is 3.71. The monoisotopic (exact) mass is 381 g/mol. The van der Waals surface area contributed by atoms with Gasteiger partial charge in [-0.3, -0.25) is 0 Å². The van der Waals surface area contributed by atoms with Gasteiger partial charge in [-0.1, -0.05) is 0 Å². The SMILES string of the molecule is CCNC(=NCC(C)(O)c1ccc(C)o1)NCCOc1ccc(F)cc1F. The second-order valence-corrected chi connectivity index (χ2v) is 6.23. The Bertz CT molecular complexity index is 775. The second-order valence-electron chi connectivity index (χ2n) is 6.23. The van der Waals surface area contributed by atoms with E-state index in [2.05, 4.69) is 15.6 Å². The molecule has 27 heavy (non-hydrogen) atoms. The van der Waals surface area contributed by atoms with Gasteiger partial charge in [0, 0.05) is 12.6 Å². The number of hydrogen-bond acceptors (Lipinski definition) is 4. The molecule has 0 aliphatic heterocycles. The molecule has 0 spiro atoms. The smallest absolute Gasteiger partial charge is 0.191 e. The lowest BCUT2D eigenvalue weighted by Crippen LogP contribution is -2.40. The Hall–Kier alpha value is -2.61. The summed E-state index contributed by atoms with van der Waals surface area (Å²) in [5.41, 5.74) is -1.25. The standard InChI is InChI=1S/C19H25F2N3O3/c1-4-22-18(24-12-19(3,25)17-8-5-13(2)27-17)23-9-10-26-16-7-6-14(20)11-15(16)21/h5-8,11,25H,4,9-10,12H2,1-3H3,(H2,22,23,24). The number of guanidine groups is 1. The maximum absolute atomic E-state index is 13.5. The van der Waals surface area contributed by atoms with Crippen LogP contribution in [0.4, 0.5) is 8.78 Å². The average molecular weight is 381 g/mol. The number of nitrogens with one attached hydrogen (secondary N) is 2. The van der Waals surface area contributed by atoms with Gasteiger partial charge in [0.25, 0.3) is 0 Å². The van der Waals surface area contributed by atoms with E-state index in [1.54, 1.807) is 26.0 Å². The third kappa shape index (κ3) is 6.25. The maximum Gasteiger partial charge on any atom is 0.191 e. The molecule has 0 amide bonds. The van der Waals surface area contributed by atoms with Gasteiger partial charge in [-0.05, 0) is 45.0 Å². The molecule has 1 unspecified atom stereocenters. The van der Waals surface area contributed by atoms with Crippen molar-refractivity contribution in [2.24, 2.45) is 4.99 Å².